The number of amides is 1. The van der Waals surface area contributed by atoms with E-state index < -0.39 is 0 Å². The Hall–Kier alpha value is -2.08. The van der Waals surface area contributed by atoms with Gasteiger partial charge in [-0.3, -0.25) is 4.79 Å². The standard InChI is InChI=1S/C10H9N3O2S/c1-2-8(15)12-5-3-6(14)9-7(4-5)16-10(11)13-9/h2-4,14H,1H2,(H2,11,13)(H,12,15). The van der Waals surface area contributed by atoms with Gasteiger partial charge < -0.3 is 16.2 Å². The van der Waals surface area contributed by atoms with Crippen molar-refractivity contribution < 1.29 is 9.90 Å². The highest BCUT2D eigenvalue weighted by Gasteiger charge is 2.09. The van der Waals surface area contributed by atoms with Crippen molar-refractivity contribution in [1.29, 1.82) is 0 Å². The molecule has 0 spiro atoms. The van der Waals surface area contributed by atoms with Gasteiger partial charge in [0.2, 0.25) is 5.91 Å². The van der Waals surface area contributed by atoms with E-state index in [9.17, 15) is 9.90 Å². The molecule has 82 valence electrons. The number of rotatable bonds is 2. The Bertz CT molecular complexity index is 577. The fourth-order valence-corrected chi connectivity index (χ4v) is 2.09. The number of aromatic hydroxyl groups is 1. The summed E-state index contributed by atoms with van der Waals surface area (Å²) in [6.45, 7) is 3.34. The topological polar surface area (TPSA) is 88.2 Å². The highest BCUT2D eigenvalue weighted by molar-refractivity contribution is 7.22. The predicted octanol–water partition coefficient (Wildman–Crippen LogP) is 1.71. The van der Waals surface area contributed by atoms with E-state index in [-0.39, 0.29) is 11.7 Å². The molecule has 0 aliphatic carbocycles. The second kappa shape index (κ2) is 3.82. The number of hydrogen-bond acceptors (Lipinski definition) is 5. The van der Waals surface area contributed by atoms with E-state index in [1.54, 1.807) is 6.07 Å². The predicted molar refractivity (Wildman–Crippen MR) is 64.5 cm³/mol. The van der Waals surface area contributed by atoms with Gasteiger partial charge in [-0.2, -0.15) is 0 Å². The lowest BCUT2D eigenvalue weighted by molar-refractivity contribution is -0.111. The van der Waals surface area contributed by atoms with Crippen molar-refractivity contribution in [2.45, 2.75) is 0 Å². The fourth-order valence-electron chi connectivity index (χ4n) is 1.29. The number of phenolic OH excluding ortho intramolecular Hbond substituents is 1. The molecule has 16 heavy (non-hydrogen) atoms. The molecule has 0 unspecified atom stereocenters. The summed E-state index contributed by atoms with van der Waals surface area (Å²) in [6.07, 6.45) is 1.16. The van der Waals surface area contributed by atoms with E-state index >= 15 is 0 Å². The summed E-state index contributed by atoms with van der Waals surface area (Å²) in [4.78, 5) is 15.1. The number of nitrogens with one attached hydrogen (secondary N) is 1. The lowest BCUT2D eigenvalue weighted by Gasteiger charge is -2.02. The largest absolute Gasteiger partial charge is 0.506 e. The van der Waals surface area contributed by atoms with Gasteiger partial charge in [0.15, 0.2) is 5.13 Å². The molecule has 0 bridgehead atoms. The lowest BCUT2D eigenvalue weighted by Crippen LogP contribution is -2.06. The van der Waals surface area contributed by atoms with Crippen LogP contribution in [0.3, 0.4) is 0 Å². The van der Waals surface area contributed by atoms with Gasteiger partial charge in [-0.1, -0.05) is 17.9 Å². The lowest BCUT2D eigenvalue weighted by atomic mass is 10.2. The summed E-state index contributed by atoms with van der Waals surface area (Å²) >= 11 is 1.24. The Balaban J connectivity index is 2.48. The molecule has 0 aliphatic heterocycles. The summed E-state index contributed by atoms with van der Waals surface area (Å²) < 4.78 is 0.719. The third-order valence-corrected chi connectivity index (χ3v) is 2.78. The number of carbonyl (C=O) groups is 1. The zero-order chi connectivity index (χ0) is 11.7. The van der Waals surface area contributed by atoms with Crippen LogP contribution < -0.4 is 11.1 Å². The quantitative estimate of drug-likeness (QED) is 0.691. The molecule has 0 aliphatic rings. The van der Waals surface area contributed by atoms with Crippen LogP contribution in [0, 0.1) is 0 Å². The van der Waals surface area contributed by atoms with Gasteiger partial charge in [0, 0.05) is 11.8 Å². The number of fused-ring (bicyclic) bond motifs is 1. The molecule has 5 nitrogen and oxygen atoms in total. The molecular formula is C10H9N3O2S. The minimum Gasteiger partial charge on any atom is -0.506 e. The monoisotopic (exact) mass is 235 g/mol. The summed E-state index contributed by atoms with van der Waals surface area (Å²) in [7, 11) is 0. The molecule has 4 N–H and O–H groups in total. The van der Waals surface area contributed by atoms with E-state index in [0.717, 1.165) is 10.8 Å². The summed E-state index contributed by atoms with van der Waals surface area (Å²) in [5.74, 6) is -0.346. The molecular weight excluding hydrogens is 226 g/mol. The van der Waals surface area contributed by atoms with Gasteiger partial charge in [0.1, 0.15) is 11.3 Å². The third-order valence-electron chi connectivity index (χ3n) is 1.94. The van der Waals surface area contributed by atoms with Crippen LogP contribution in [0.15, 0.2) is 24.8 Å². The van der Waals surface area contributed by atoms with E-state index in [4.69, 9.17) is 5.73 Å². The van der Waals surface area contributed by atoms with Crippen LogP contribution in [0.5, 0.6) is 5.75 Å². The van der Waals surface area contributed by atoms with Crippen molar-refractivity contribution in [3.8, 4) is 5.75 Å². The summed E-state index contributed by atoms with van der Waals surface area (Å²) in [6, 6.07) is 3.12. The van der Waals surface area contributed by atoms with Crippen molar-refractivity contribution >= 4 is 38.3 Å². The zero-order valence-electron chi connectivity index (χ0n) is 8.23. The summed E-state index contributed by atoms with van der Waals surface area (Å²) in [5, 5.41) is 12.6. The highest BCUT2D eigenvalue weighted by Crippen LogP contribution is 2.33. The van der Waals surface area contributed by atoms with Gasteiger partial charge in [-0.25, -0.2) is 4.98 Å². The number of carbonyl (C=O) groups excluding carboxylic acids is 1. The highest BCUT2D eigenvalue weighted by atomic mass is 32.1. The Kier molecular flexibility index (Phi) is 2.49. The molecule has 0 radical (unpaired) electrons. The maximum atomic E-state index is 11.1. The maximum Gasteiger partial charge on any atom is 0.247 e. The fraction of sp³-hybridized carbons (Fsp3) is 0. The van der Waals surface area contributed by atoms with Crippen LogP contribution in [-0.4, -0.2) is 16.0 Å². The van der Waals surface area contributed by atoms with Gasteiger partial charge in [0.25, 0.3) is 0 Å². The third kappa shape index (κ3) is 1.82. The minimum atomic E-state index is -0.337. The average molecular weight is 235 g/mol. The van der Waals surface area contributed by atoms with Crippen LogP contribution in [0.25, 0.3) is 10.2 Å². The number of nitrogens with two attached hydrogens (primary N) is 1. The van der Waals surface area contributed by atoms with Crippen LogP contribution in [0.1, 0.15) is 0 Å². The number of nitrogens with zero attached hydrogens (tertiary/aromatic N) is 1. The molecule has 2 rings (SSSR count). The first-order valence-electron chi connectivity index (χ1n) is 4.42. The van der Waals surface area contributed by atoms with E-state index in [1.807, 2.05) is 0 Å². The van der Waals surface area contributed by atoms with Gasteiger partial charge in [0.05, 0.1) is 4.70 Å². The molecule has 0 fully saturated rings. The van der Waals surface area contributed by atoms with E-state index in [2.05, 4.69) is 16.9 Å². The Morgan fingerprint density at radius 1 is 1.62 bits per heavy atom. The van der Waals surface area contributed by atoms with Crippen LogP contribution >= 0.6 is 11.3 Å². The van der Waals surface area contributed by atoms with Crippen molar-refractivity contribution in [2.24, 2.45) is 0 Å². The van der Waals surface area contributed by atoms with Crippen LogP contribution in [0.2, 0.25) is 0 Å². The molecule has 0 saturated heterocycles. The van der Waals surface area contributed by atoms with Crippen molar-refractivity contribution in [2.75, 3.05) is 11.1 Å². The van der Waals surface area contributed by atoms with Crippen molar-refractivity contribution in [3.05, 3.63) is 24.8 Å². The van der Waals surface area contributed by atoms with Crippen molar-refractivity contribution in [1.82, 2.24) is 4.98 Å². The maximum absolute atomic E-state index is 11.1. The zero-order valence-corrected chi connectivity index (χ0v) is 9.04. The minimum absolute atomic E-state index is 0.00943. The molecule has 1 aromatic carbocycles. The van der Waals surface area contributed by atoms with Crippen LogP contribution in [0.4, 0.5) is 10.8 Å². The first-order chi connectivity index (χ1) is 7.60. The number of anilines is 2. The van der Waals surface area contributed by atoms with E-state index in [0.29, 0.717) is 16.3 Å². The number of hydrogen-bond donors (Lipinski definition) is 3. The molecule has 0 atom stereocenters. The molecule has 0 saturated carbocycles. The normalized spacial score (nSPS) is 10.2. The van der Waals surface area contributed by atoms with Gasteiger partial charge >= 0.3 is 0 Å². The number of nitrogen functional groups attached to an aromatic ring is 1. The summed E-state index contributed by atoms with van der Waals surface area (Å²) in [5.41, 5.74) is 6.46. The van der Waals surface area contributed by atoms with Gasteiger partial charge in [-0.15, -0.1) is 0 Å². The van der Waals surface area contributed by atoms with E-state index in [1.165, 1.54) is 17.4 Å². The first kappa shape index (κ1) is 10.4. The second-order valence-electron chi connectivity index (χ2n) is 3.09. The second-order valence-corrected chi connectivity index (χ2v) is 4.15. The SMILES string of the molecule is C=CC(=O)Nc1cc(O)c2nc(N)sc2c1. The molecule has 2 aromatic rings. The number of benzene rings is 1. The van der Waals surface area contributed by atoms with Crippen LogP contribution in [-0.2, 0) is 4.79 Å². The molecule has 1 aromatic heterocycles. The number of phenols is 1. The number of aromatic nitrogens is 1. The Morgan fingerprint density at radius 3 is 3.06 bits per heavy atom. The smallest absolute Gasteiger partial charge is 0.247 e. The molecule has 6 heteroatoms. The van der Waals surface area contributed by atoms with Gasteiger partial charge in [-0.05, 0) is 12.1 Å². The van der Waals surface area contributed by atoms with Crippen molar-refractivity contribution in [3.63, 3.8) is 0 Å². The average Bonchev–Trinajstić information content (AvgIpc) is 2.59. The number of thiazole rings is 1. The molecule has 1 heterocycles. The Morgan fingerprint density at radius 2 is 2.38 bits per heavy atom. The molecule has 1 amide bonds. The first-order valence-corrected chi connectivity index (χ1v) is 5.24. The Labute approximate surface area is 95.2 Å².